The normalized spacial score (nSPS) is 24.0. The van der Waals surface area contributed by atoms with E-state index in [0.717, 1.165) is 111 Å². The van der Waals surface area contributed by atoms with Gasteiger partial charge in [0.05, 0.1) is 17.5 Å². The van der Waals surface area contributed by atoms with Crippen molar-refractivity contribution in [1.82, 2.24) is 49.8 Å². The third-order valence-electron chi connectivity index (χ3n) is 14.4. The molecule has 0 radical (unpaired) electrons. The van der Waals surface area contributed by atoms with Crippen LogP contribution in [0.2, 0.25) is 0 Å². The number of rotatable bonds is 13. The number of hydrogen-bond acceptors (Lipinski definition) is 13. The summed E-state index contributed by atoms with van der Waals surface area (Å²) in [4.78, 5) is 89.9. The molecule has 0 spiro atoms. The van der Waals surface area contributed by atoms with Crippen molar-refractivity contribution in [2.24, 2.45) is 17.8 Å². The summed E-state index contributed by atoms with van der Waals surface area (Å²) in [5.74, 6) is 0.738. The SMILES string of the molecule is Cc1cccc(C(=O)NC2CC(n3cnc4c(NCCC5CCN(CC6CCN(CC7CN(c8ccc9c(c8)C(=O)N(C8CCC(=O)NC8=O)C9=O)C7)CC6)CC5)ncnc43)C2)n1. The number of nitrogens with one attached hydrogen (secondary N) is 3. The van der Waals surface area contributed by atoms with E-state index in [4.69, 9.17) is 4.98 Å². The molecule has 1 aromatic carbocycles. The van der Waals surface area contributed by atoms with Gasteiger partial charge in [-0.05, 0) is 127 Å². The summed E-state index contributed by atoms with van der Waals surface area (Å²) in [6, 6.07) is 10.3. The highest BCUT2D eigenvalue weighted by molar-refractivity contribution is 6.23. The van der Waals surface area contributed by atoms with Gasteiger partial charge in [-0.1, -0.05) is 6.07 Å². The van der Waals surface area contributed by atoms with Crippen molar-refractivity contribution in [2.45, 2.75) is 82.8 Å². The molecule has 8 heterocycles. The quantitative estimate of drug-likeness (QED) is 0.166. The van der Waals surface area contributed by atoms with E-state index in [1.54, 1.807) is 24.5 Å². The van der Waals surface area contributed by atoms with Gasteiger partial charge in [0.1, 0.15) is 23.6 Å². The maximum absolute atomic E-state index is 13.3. The molecule has 3 aromatic heterocycles. The number of likely N-dealkylation sites (tertiary alicyclic amines) is 2. The summed E-state index contributed by atoms with van der Waals surface area (Å²) >= 11 is 0. The molecule has 17 heteroatoms. The van der Waals surface area contributed by atoms with Crippen LogP contribution in [0.1, 0.15) is 101 Å². The Balaban J connectivity index is 0.611. The number of imidazole rings is 1. The number of aryl methyl sites for hydroxylation is 1. The molecular formula is C46H56N12O5. The highest BCUT2D eigenvalue weighted by Crippen LogP contribution is 2.36. The summed E-state index contributed by atoms with van der Waals surface area (Å²) in [6.45, 7) is 11.4. The van der Waals surface area contributed by atoms with Crippen molar-refractivity contribution in [1.29, 1.82) is 0 Å². The van der Waals surface area contributed by atoms with Crippen molar-refractivity contribution in [2.75, 3.05) is 69.1 Å². The Kier molecular flexibility index (Phi) is 11.4. The van der Waals surface area contributed by atoms with E-state index < -0.39 is 23.8 Å². The van der Waals surface area contributed by atoms with E-state index in [9.17, 15) is 24.0 Å². The average molecular weight is 857 g/mol. The standard InChI is InChI=1S/C46H56N12O5/c1-28-3-2-4-37(51-28)43(60)52-32-19-34(20-32)57-27-50-40-41(48-26-49-42(40)57)47-14-9-29-10-15-54(16-11-29)22-30-12-17-55(18-13-30)23-31-24-56(25-31)33-5-6-35-36(21-33)46(63)58(45(35)62)38-7-8-39(59)53-44(38)61/h2-6,21,26-27,29-32,34,38H,7-20,22-25H2,1H3,(H,52,60)(H,47,48,49)(H,53,59,61). The second kappa shape index (κ2) is 17.4. The fourth-order valence-electron chi connectivity index (χ4n) is 10.6. The predicted molar refractivity (Wildman–Crippen MR) is 234 cm³/mol. The first-order chi connectivity index (χ1) is 30.6. The first-order valence-corrected chi connectivity index (χ1v) is 22.8. The molecular weight excluding hydrogens is 801 g/mol. The highest BCUT2D eigenvalue weighted by Gasteiger charge is 2.45. The monoisotopic (exact) mass is 856 g/mol. The van der Waals surface area contributed by atoms with Crippen LogP contribution >= 0.6 is 0 Å². The highest BCUT2D eigenvalue weighted by atomic mass is 16.2. The van der Waals surface area contributed by atoms with Crippen molar-refractivity contribution in [3.63, 3.8) is 0 Å². The van der Waals surface area contributed by atoms with Crippen molar-refractivity contribution < 1.29 is 24.0 Å². The molecule has 0 bridgehead atoms. The molecule has 10 rings (SSSR count). The number of fused-ring (bicyclic) bond motifs is 2. The predicted octanol–water partition coefficient (Wildman–Crippen LogP) is 3.43. The van der Waals surface area contributed by atoms with Crippen LogP contribution < -0.4 is 20.9 Å². The topological polar surface area (TPSA) is 191 Å². The van der Waals surface area contributed by atoms with Crippen molar-refractivity contribution >= 4 is 52.2 Å². The van der Waals surface area contributed by atoms with Gasteiger partial charge in [0.2, 0.25) is 11.8 Å². The van der Waals surface area contributed by atoms with Crippen LogP contribution in [0.3, 0.4) is 0 Å². The molecule has 5 aliphatic heterocycles. The zero-order chi connectivity index (χ0) is 43.2. The molecule has 1 saturated carbocycles. The fourth-order valence-corrected chi connectivity index (χ4v) is 10.6. The summed E-state index contributed by atoms with van der Waals surface area (Å²) in [5.41, 5.74) is 4.47. The average Bonchev–Trinajstić information content (AvgIpc) is 3.79. The van der Waals surface area contributed by atoms with Gasteiger partial charge in [-0.25, -0.2) is 19.9 Å². The number of piperidine rings is 3. The minimum absolute atomic E-state index is 0.0975. The lowest BCUT2D eigenvalue weighted by Gasteiger charge is -2.45. The Bertz CT molecular complexity index is 2410. The number of hydrogen-bond donors (Lipinski definition) is 3. The number of amides is 5. The lowest BCUT2D eigenvalue weighted by Crippen LogP contribution is -2.54. The maximum atomic E-state index is 13.3. The lowest BCUT2D eigenvalue weighted by molar-refractivity contribution is -0.136. The first kappa shape index (κ1) is 41.2. The van der Waals surface area contributed by atoms with Gasteiger partial charge in [0, 0.05) is 68.5 Å². The van der Waals surface area contributed by atoms with Crippen LogP contribution in [0, 0.1) is 24.7 Å². The van der Waals surface area contributed by atoms with E-state index in [2.05, 4.69) is 50.2 Å². The molecule has 5 fully saturated rings. The molecule has 6 aliphatic rings. The molecule has 5 amide bonds. The molecule has 4 saturated heterocycles. The summed E-state index contributed by atoms with van der Waals surface area (Å²) in [6.07, 6.45) is 11.4. The number of pyridine rings is 1. The van der Waals surface area contributed by atoms with Crippen LogP contribution in [0.25, 0.3) is 11.2 Å². The molecule has 17 nitrogen and oxygen atoms in total. The number of nitrogens with zero attached hydrogens (tertiary/aromatic N) is 9. The zero-order valence-electron chi connectivity index (χ0n) is 35.9. The molecule has 1 atom stereocenters. The van der Waals surface area contributed by atoms with Gasteiger partial charge in [-0.2, -0.15) is 0 Å². The first-order valence-electron chi connectivity index (χ1n) is 22.8. The smallest absolute Gasteiger partial charge is 0.270 e. The lowest BCUT2D eigenvalue weighted by atomic mass is 9.86. The molecule has 3 N–H and O–H groups in total. The molecule has 63 heavy (non-hydrogen) atoms. The molecule has 330 valence electrons. The van der Waals surface area contributed by atoms with Gasteiger partial charge >= 0.3 is 0 Å². The van der Waals surface area contributed by atoms with Gasteiger partial charge in [-0.3, -0.25) is 34.2 Å². The second-order valence-corrected chi connectivity index (χ2v) is 18.7. The number of carbonyl (C=O) groups excluding carboxylic acids is 5. The number of anilines is 2. The van der Waals surface area contributed by atoms with Gasteiger partial charge in [0.25, 0.3) is 17.7 Å². The van der Waals surface area contributed by atoms with Crippen molar-refractivity contribution in [3.05, 3.63) is 71.6 Å². The van der Waals surface area contributed by atoms with Crippen LogP contribution in [0.15, 0.2) is 49.1 Å². The Hall–Kier alpha value is -5.81. The number of aromatic nitrogens is 5. The van der Waals surface area contributed by atoms with E-state index in [1.165, 1.54) is 32.2 Å². The van der Waals surface area contributed by atoms with E-state index in [1.807, 2.05) is 31.5 Å². The van der Waals surface area contributed by atoms with E-state index >= 15 is 0 Å². The minimum atomic E-state index is -0.953. The third-order valence-corrected chi connectivity index (χ3v) is 14.4. The second-order valence-electron chi connectivity index (χ2n) is 18.7. The zero-order valence-corrected chi connectivity index (χ0v) is 35.9. The molecule has 4 aromatic rings. The number of carbonyl (C=O) groups is 5. The fraction of sp³-hybridized carbons (Fsp3) is 0.543. The van der Waals surface area contributed by atoms with Crippen LogP contribution in [-0.2, 0) is 9.59 Å². The largest absolute Gasteiger partial charge is 0.371 e. The Morgan fingerprint density at radius 1 is 0.825 bits per heavy atom. The molecule has 1 unspecified atom stereocenters. The van der Waals surface area contributed by atoms with Gasteiger partial charge in [0.15, 0.2) is 11.5 Å². The Labute approximate surface area is 366 Å². The van der Waals surface area contributed by atoms with Gasteiger partial charge < -0.3 is 29.9 Å². The van der Waals surface area contributed by atoms with E-state index in [-0.39, 0.29) is 36.7 Å². The number of imide groups is 2. The van der Waals surface area contributed by atoms with Crippen LogP contribution in [0.5, 0.6) is 0 Å². The minimum Gasteiger partial charge on any atom is -0.371 e. The van der Waals surface area contributed by atoms with Crippen molar-refractivity contribution in [3.8, 4) is 0 Å². The Morgan fingerprint density at radius 2 is 1.56 bits per heavy atom. The van der Waals surface area contributed by atoms with Gasteiger partial charge in [-0.15, -0.1) is 0 Å². The Morgan fingerprint density at radius 3 is 2.30 bits per heavy atom. The van der Waals surface area contributed by atoms with E-state index in [0.29, 0.717) is 28.7 Å². The third kappa shape index (κ3) is 8.52. The molecule has 1 aliphatic carbocycles. The summed E-state index contributed by atoms with van der Waals surface area (Å²) < 4.78 is 2.12. The summed E-state index contributed by atoms with van der Waals surface area (Å²) in [7, 11) is 0. The maximum Gasteiger partial charge on any atom is 0.270 e. The van der Waals surface area contributed by atoms with Crippen LogP contribution in [0.4, 0.5) is 11.5 Å². The summed E-state index contributed by atoms with van der Waals surface area (Å²) in [5, 5.41) is 8.93. The van der Waals surface area contributed by atoms with Crippen LogP contribution in [-0.4, -0.2) is 140 Å². The number of benzene rings is 1.